The largest absolute Gasteiger partial charge is 0.342 e. The van der Waals surface area contributed by atoms with Crippen molar-refractivity contribution in [1.82, 2.24) is 14.5 Å². The van der Waals surface area contributed by atoms with Crippen LogP contribution >= 0.6 is 11.6 Å². The number of hydrogen-bond acceptors (Lipinski definition) is 2. The molecule has 0 aliphatic carbocycles. The number of carbonyl (C=O) groups is 1. The quantitative estimate of drug-likeness (QED) is 0.862. The van der Waals surface area contributed by atoms with Gasteiger partial charge >= 0.3 is 0 Å². The Hall–Kier alpha value is -1.81. The molecule has 23 heavy (non-hydrogen) atoms. The molecule has 5 heteroatoms. The van der Waals surface area contributed by atoms with Crippen molar-refractivity contribution < 1.29 is 4.79 Å². The van der Waals surface area contributed by atoms with Gasteiger partial charge in [-0.25, -0.2) is 4.98 Å². The van der Waals surface area contributed by atoms with E-state index in [1.165, 1.54) is 0 Å². The highest BCUT2D eigenvalue weighted by atomic mass is 35.5. The molecule has 1 aliphatic rings. The lowest BCUT2D eigenvalue weighted by atomic mass is 9.96. The van der Waals surface area contributed by atoms with Crippen LogP contribution in [-0.2, 0) is 17.8 Å². The third-order valence-electron chi connectivity index (χ3n) is 4.65. The monoisotopic (exact) mass is 331 g/mol. The minimum Gasteiger partial charge on any atom is -0.342 e. The molecule has 0 saturated carbocycles. The van der Waals surface area contributed by atoms with Crippen LogP contribution in [0.3, 0.4) is 0 Å². The molecule has 122 valence electrons. The number of aryl methyl sites for hydroxylation is 1. The van der Waals surface area contributed by atoms with Crippen LogP contribution in [-0.4, -0.2) is 33.4 Å². The van der Waals surface area contributed by atoms with E-state index in [-0.39, 0.29) is 5.91 Å². The summed E-state index contributed by atoms with van der Waals surface area (Å²) in [5.74, 6) is 1.85. The molecule has 0 N–H and O–H groups in total. The molecule has 4 nitrogen and oxygen atoms in total. The van der Waals surface area contributed by atoms with Gasteiger partial charge in [-0.05, 0) is 37.3 Å². The van der Waals surface area contributed by atoms with Gasteiger partial charge in [0.05, 0.1) is 6.42 Å². The van der Waals surface area contributed by atoms with E-state index in [4.69, 9.17) is 11.6 Å². The van der Waals surface area contributed by atoms with E-state index in [9.17, 15) is 4.79 Å². The molecule has 0 unspecified atom stereocenters. The zero-order valence-electron chi connectivity index (χ0n) is 13.4. The van der Waals surface area contributed by atoms with Crippen molar-refractivity contribution in [3.05, 3.63) is 53.1 Å². The van der Waals surface area contributed by atoms with Gasteiger partial charge in [0.1, 0.15) is 5.82 Å². The first-order chi connectivity index (χ1) is 11.1. The summed E-state index contributed by atoms with van der Waals surface area (Å²) >= 11 is 6.15. The summed E-state index contributed by atoms with van der Waals surface area (Å²) in [6.07, 6.45) is 6.37. The molecular formula is C18H22ClN3O. The molecule has 1 aromatic carbocycles. The number of rotatable bonds is 4. The Bertz CT molecular complexity index is 674. The fraction of sp³-hybridized carbons (Fsp3) is 0.444. The second-order valence-electron chi connectivity index (χ2n) is 6.22. The standard InChI is InChI=1S/C18H22ClN3O/c1-14-20-8-11-22(14)13-15-6-9-21(10-7-15)18(23)12-16-4-2-3-5-17(16)19/h2-5,8,11,15H,6-7,9-10,12-13H2,1H3. The number of benzene rings is 1. The summed E-state index contributed by atoms with van der Waals surface area (Å²) in [4.78, 5) is 18.7. The topological polar surface area (TPSA) is 38.1 Å². The third kappa shape index (κ3) is 3.94. The highest BCUT2D eigenvalue weighted by Crippen LogP contribution is 2.22. The van der Waals surface area contributed by atoms with Crippen LogP contribution in [0.2, 0.25) is 5.02 Å². The van der Waals surface area contributed by atoms with Crippen LogP contribution in [0.4, 0.5) is 0 Å². The van der Waals surface area contributed by atoms with E-state index >= 15 is 0 Å². The van der Waals surface area contributed by atoms with Crippen LogP contribution < -0.4 is 0 Å². The van der Waals surface area contributed by atoms with Gasteiger partial charge in [-0.1, -0.05) is 29.8 Å². The van der Waals surface area contributed by atoms with Crippen molar-refractivity contribution in [3.63, 3.8) is 0 Å². The third-order valence-corrected chi connectivity index (χ3v) is 5.01. The number of aromatic nitrogens is 2. The Morgan fingerprint density at radius 3 is 2.70 bits per heavy atom. The Morgan fingerprint density at radius 1 is 1.30 bits per heavy atom. The molecule has 2 heterocycles. The van der Waals surface area contributed by atoms with Crippen LogP contribution in [0.1, 0.15) is 24.2 Å². The molecule has 1 aromatic heterocycles. The van der Waals surface area contributed by atoms with E-state index < -0.39 is 0 Å². The fourth-order valence-corrected chi connectivity index (χ4v) is 3.36. The van der Waals surface area contributed by atoms with Crippen LogP contribution in [0.15, 0.2) is 36.7 Å². The highest BCUT2D eigenvalue weighted by molar-refractivity contribution is 6.31. The normalized spacial score (nSPS) is 15.8. The fourth-order valence-electron chi connectivity index (χ4n) is 3.16. The average Bonchev–Trinajstić information content (AvgIpc) is 2.95. The molecule has 1 saturated heterocycles. The van der Waals surface area contributed by atoms with Gasteiger partial charge in [-0.15, -0.1) is 0 Å². The zero-order chi connectivity index (χ0) is 16.2. The number of piperidine rings is 1. The van der Waals surface area contributed by atoms with Crippen molar-refractivity contribution >= 4 is 17.5 Å². The molecule has 3 rings (SSSR count). The molecule has 0 spiro atoms. The van der Waals surface area contributed by atoms with E-state index in [0.717, 1.165) is 43.9 Å². The van der Waals surface area contributed by atoms with Gasteiger partial charge in [0.2, 0.25) is 5.91 Å². The maximum atomic E-state index is 12.4. The van der Waals surface area contributed by atoms with Gasteiger partial charge < -0.3 is 9.47 Å². The van der Waals surface area contributed by atoms with E-state index in [0.29, 0.717) is 17.4 Å². The summed E-state index contributed by atoms with van der Waals surface area (Å²) in [6, 6.07) is 7.58. The maximum absolute atomic E-state index is 12.4. The van der Waals surface area contributed by atoms with Gasteiger partial charge in [-0.3, -0.25) is 4.79 Å². The first kappa shape index (κ1) is 16.1. The number of likely N-dealkylation sites (tertiary alicyclic amines) is 1. The number of amides is 1. The summed E-state index contributed by atoms with van der Waals surface area (Å²) in [5.41, 5.74) is 0.912. The summed E-state index contributed by atoms with van der Waals surface area (Å²) in [6.45, 7) is 4.70. The van der Waals surface area contributed by atoms with Crippen molar-refractivity contribution in [2.75, 3.05) is 13.1 Å². The highest BCUT2D eigenvalue weighted by Gasteiger charge is 2.23. The van der Waals surface area contributed by atoms with Crippen LogP contribution in [0.5, 0.6) is 0 Å². The molecule has 0 radical (unpaired) electrons. The number of carbonyl (C=O) groups excluding carboxylic acids is 1. The SMILES string of the molecule is Cc1nccn1CC1CCN(C(=O)Cc2ccccc2Cl)CC1. The molecule has 2 aromatic rings. The maximum Gasteiger partial charge on any atom is 0.227 e. The van der Waals surface area contributed by atoms with Gasteiger partial charge in [-0.2, -0.15) is 0 Å². The summed E-state index contributed by atoms with van der Waals surface area (Å²) < 4.78 is 2.20. The molecule has 1 fully saturated rings. The lowest BCUT2D eigenvalue weighted by Gasteiger charge is -2.32. The van der Waals surface area contributed by atoms with Gasteiger partial charge in [0.15, 0.2) is 0 Å². The Labute approximate surface area is 142 Å². The predicted molar refractivity (Wildman–Crippen MR) is 91.4 cm³/mol. The first-order valence-corrected chi connectivity index (χ1v) is 8.50. The van der Waals surface area contributed by atoms with Crippen molar-refractivity contribution in [2.24, 2.45) is 5.92 Å². The number of nitrogens with zero attached hydrogens (tertiary/aromatic N) is 3. The predicted octanol–water partition coefficient (Wildman–Crippen LogP) is 3.33. The molecule has 1 amide bonds. The minimum absolute atomic E-state index is 0.176. The summed E-state index contributed by atoms with van der Waals surface area (Å²) in [7, 11) is 0. The van der Waals surface area contributed by atoms with E-state index in [1.54, 1.807) is 0 Å². The molecular weight excluding hydrogens is 310 g/mol. The van der Waals surface area contributed by atoms with Crippen LogP contribution in [0.25, 0.3) is 0 Å². The number of hydrogen-bond donors (Lipinski definition) is 0. The number of imidazole rings is 1. The molecule has 0 bridgehead atoms. The molecule has 0 atom stereocenters. The number of halogens is 1. The van der Waals surface area contributed by atoms with E-state index in [1.807, 2.05) is 48.5 Å². The lowest BCUT2D eigenvalue weighted by Crippen LogP contribution is -2.40. The zero-order valence-corrected chi connectivity index (χ0v) is 14.2. The second-order valence-corrected chi connectivity index (χ2v) is 6.63. The Morgan fingerprint density at radius 2 is 2.04 bits per heavy atom. The van der Waals surface area contributed by atoms with Crippen molar-refractivity contribution in [1.29, 1.82) is 0 Å². The average molecular weight is 332 g/mol. The van der Waals surface area contributed by atoms with Gasteiger partial charge in [0, 0.05) is 37.1 Å². The second kappa shape index (κ2) is 7.18. The van der Waals surface area contributed by atoms with Gasteiger partial charge in [0.25, 0.3) is 0 Å². The lowest BCUT2D eigenvalue weighted by molar-refractivity contribution is -0.131. The molecule has 1 aliphatic heterocycles. The smallest absolute Gasteiger partial charge is 0.227 e. The first-order valence-electron chi connectivity index (χ1n) is 8.12. The Balaban J connectivity index is 1.51. The Kier molecular flexibility index (Phi) is 5.01. The van der Waals surface area contributed by atoms with Crippen molar-refractivity contribution in [2.45, 2.75) is 32.7 Å². The van der Waals surface area contributed by atoms with Crippen molar-refractivity contribution in [3.8, 4) is 0 Å². The van der Waals surface area contributed by atoms with Crippen LogP contribution in [0, 0.1) is 12.8 Å². The summed E-state index contributed by atoms with van der Waals surface area (Å²) in [5, 5.41) is 0.673. The minimum atomic E-state index is 0.176. The van der Waals surface area contributed by atoms with E-state index in [2.05, 4.69) is 9.55 Å².